The predicted molar refractivity (Wildman–Crippen MR) is 304 cm³/mol. The zero-order valence-corrected chi connectivity index (χ0v) is 47.9. The van der Waals surface area contributed by atoms with E-state index in [9.17, 15) is 0 Å². The van der Waals surface area contributed by atoms with Crippen molar-refractivity contribution in [3.8, 4) is 49.4 Å². The molecule has 4 rings (SSSR count). The van der Waals surface area contributed by atoms with E-state index >= 15 is 0 Å². The van der Waals surface area contributed by atoms with Crippen molar-refractivity contribution in [1.82, 2.24) is 79.6 Å². The fourth-order valence-corrected chi connectivity index (χ4v) is 6.96. The summed E-state index contributed by atoms with van der Waals surface area (Å²) in [6, 6.07) is 0. The van der Waals surface area contributed by atoms with E-state index in [-0.39, 0.29) is 5.48 Å². The van der Waals surface area contributed by atoms with Crippen LogP contribution in [0.4, 0.5) is 0 Å². The van der Waals surface area contributed by atoms with Crippen molar-refractivity contribution in [1.29, 1.82) is 5.53 Å². The Hall–Kier alpha value is -6.25. The van der Waals surface area contributed by atoms with Gasteiger partial charge in [-0.25, -0.2) is 18.7 Å². The number of hydrogen-bond donors (Lipinski definition) is 1. The van der Waals surface area contributed by atoms with Gasteiger partial charge in [0.2, 0.25) is 0 Å². The van der Waals surface area contributed by atoms with E-state index in [1.54, 1.807) is 4.91 Å². The number of nitrogens with zero attached hydrogens (tertiary/aromatic N) is 18. The summed E-state index contributed by atoms with van der Waals surface area (Å²) in [5.74, 6) is 10.3. The summed E-state index contributed by atoms with van der Waals surface area (Å²) in [5, 5.41) is 35.6. The molecule has 0 atom stereocenters. The molecule has 4 heterocycles. The first-order valence-electron chi connectivity index (χ1n) is 27.3. The monoisotopic (exact) mass is 1090 g/mol. The maximum Gasteiger partial charge on any atom is 0.0967 e. The lowest BCUT2D eigenvalue weighted by Crippen LogP contribution is -2.36. The van der Waals surface area contributed by atoms with Crippen molar-refractivity contribution in [3.05, 3.63) is 58.0 Å². The van der Waals surface area contributed by atoms with Crippen LogP contribution < -0.4 is 0 Å². The number of ether oxygens (including phenoxy) is 4. The van der Waals surface area contributed by atoms with Gasteiger partial charge in [0, 0.05) is 104 Å². The topological polar surface area (TPSA) is 264 Å². The summed E-state index contributed by atoms with van der Waals surface area (Å²) in [4.78, 5) is 10.4. The van der Waals surface area contributed by atoms with Crippen LogP contribution in [0.5, 0.6) is 0 Å². The van der Waals surface area contributed by atoms with Crippen LogP contribution in [-0.4, -0.2) is 190 Å². The first-order valence-corrected chi connectivity index (χ1v) is 27.3. The van der Waals surface area contributed by atoms with E-state index in [0.717, 1.165) is 127 Å². The minimum absolute atomic E-state index is 0. The van der Waals surface area contributed by atoms with Crippen LogP contribution in [0.3, 0.4) is 0 Å². The van der Waals surface area contributed by atoms with Gasteiger partial charge in [-0.05, 0) is 36.1 Å². The molecule has 78 heavy (non-hydrogen) atoms. The van der Waals surface area contributed by atoms with Gasteiger partial charge in [-0.2, -0.15) is 0 Å². The quantitative estimate of drug-likeness (QED) is 0.0196. The Bertz CT molecular complexity index is 1940. The lowest BCUT2D eigenvalue weighted by Gasteiger charge is -2.25. The molecule has 4 aromatic rings. The standard InChI is InChI=1S/C38H68N14O4.C14H16N2.C2H6.HN3.H2O/c1-5-9-19-53-23-15-49-31-35(39-43-49)27-47(28-36-32-50(44-40-36)16-24-54-20-10-6-2)13-14-48(29-37-33-51(45-41-37)17-25-55-21-11-7-3)30-38-34-52(46-42-38)18-26-56-22-12-8-4;1-5-9-15(10-6-2)13-14-16(11-7-3)12-8-4;1-2;1-3-2;/h31-34H,5-30H2,1-4H3;1-4H,9-14H2;1-2H3;1H;1H2. The molecule has 0 amide bonds. The van der Waals surface area contributed by atoms with Crippen molar-refractivity contribution < 1.29 is 24.4 Å². The first kappa shape index (κ1) is 71.8. The van der Waals surface area contributed by atoms with Crippen LogP contribution in [0, 0.1) is 54.9 Å². The van der Waals surface area contributed by atoms with Crippen LogP contribution in [-0.2, 0) is 71.3 Å². The van der Waals surface area contributed by atoms with Gasteiger partial charge in [-0.1, -0.05) is 112 Å². The molecule has 3 N–H and O–H groups in total. The minimum atomic E-state index is 0. The van der Waals surface area contributed by atoms with Crippen molar-refractivity contribution in [2.75, 3.05) is 105 Å². The van der Waals surface area contributed by atoms with E-state index in [0.29, 0.717) is 105 Å². The molecule has 0 bridgehead atoms. The highest BCUT2D eigenvalue weighted by Gasteiger charge is 2.18. The van der Waals surface area contributed by atoms with Gasteiger partial charge < -0.3 is 24.4 Å². The Labute approximate surface area is 465 Å². The summed E-state index contributed by atoms with van der Waals surface area (Å²) in [6.45, 7) is 28.4. The van der Waals surface area contributed by atoms with Gasteiger partial charge >= 0.3 is 0 Å². The van der Waals surface area contributed by atoms with Crippen molar-refractivity contribution in [3.63, 3.8) is 0 Å². The number of terminal acetylenes is 4. The molecule has 0 radical (unpaired) electrons. The van der Waals surface area contributed by atoms with Crippen LogP contribution in [0.15, 0.2) is 24.8 Å². The second kappa shape index (κ2) is 50.3. The molecule has 0 spiro atoms. The third kappa shape index (κ3) is 36.0. The third-order valence-electron chi connectivity index (χ3n) is 11.0. The van der Waals surface area contributed by atoms with E-state index in [1.807, 2.05) is 67.2 Å². The summed E-state index contributed by atoms with van der Waals surface area (Å²) >= 11 is 0. The molecule has 24 nitrogen and oxygen atoms in total. The van der Waals surface area contributed by atoms with Gasteiger partial charge in [-0.15, -0.1) is 51.6 Å². The smallest absolute Gasteiger partial charge is 0.0967 e. The summed E-state index contributed by atoms with van der Waals surface area (Å²) in [6.07, 6.45) is 37.7. The Morgan fingerprint density at radius 1 is 0.449 bits per heavy atom. The molecule has 434 valence electrons. The molecule has 0 saturated heterocycles. The van der Waals surface area contributed by atoms with Gasteiger partial charge in [0.05, 0.1) is 102 Å². The van der Waals surface area contributed by atoms with Crippen LogP contribution in [0.2, 0.25) is 0 Å². The number of unbranched alkanes of at least 4 members (excludes halogenated alkanes) is 4. The molecule has 24 heteroatoms. The molecule has 0 saturated carbocycles. The average Bonchev–Trinajstić information content (AvgIpc) is 4.28. The molecule has 4 aromatic heterocycles. The number of aromatic nitrogens is 12. The van der Waals surface area contributed by atoms with E-state index < -0.39 is 0 Å². The van der Waals surface area contributed by atoms with Gasteiger partial charge in [0.15, 0.2) is 0 Å². The normalized spacial score (nSPS) is 10.6. The molecule has 0 aliphatic rings. The van der Waals surface area contributed by atoms with Crippen LogP contribution >= 0.6 is 0 Å². The zero-order chi connectivity index (χ0) is 56.4. The highest BCUT2D eigenvalue weighted by molar-refractivity contribution is 5.00. The lowest BCUT2D eigenvalue weighted by atomic mass is 10.3. The van der Waals surface area contributed by atoms with Gasteiger partial charge in [0.25, 0.3) is 0 Å². The van der Waals surface area contributed by atoms with Crippen molar-refractivity contribution >= 4 is 0 Å². The molecular formula is C54H93N19O5. The molecule has 0 aliphatic carbocycles. The van der Waals surface area contributed by atoms with E-state index in [4.69, 9.17) is 55.7 Å². The summed E-state index contributed by atoms with van der Waals surface area (Å²) in [7, 11) is 0. The lowest BCUT2D eigenvalue weighted by molar-refractivity contribution is 0.120. The summed E-state index contributed by atoms with van der Waals surface area (Å²) in [5.41, 5.74) is 15.8. The molecule has 0 aromatic carbocycles. The Morgan fingerprint density at radius 3 is 0.872 bits per heavy atom. The Balaban J connectivity index is 0.00000228. The van der Waals surface area contributed by atoms with E-state index in [2.05, 4.69) is 102 Å². The fraction of sp³-hybridized carbons (Fsp3) is 0.704. The fourth-order valence-electron chi connectivity index (χ4n) is 6.96. The summed E-state index contributed by atoms with van der Waals surface area (Å²) < 4.78 is 30.5. The Morgan fingerprint density at radius 2 is 0.667 bits per heavy atom. The van der Waals surface area contributed by atoms with E-state index in [1.165, 1.54) is 0 Å². The van der Waals surface area contributed by atoms with Crippen LogP contribution in [0.25, 0.3) is 10.4 Å². The SMILES string of the molecule is C#CCN(CC#C)CCN(CC#C)CC#C.CC.CCCCOCCn1cc(CN(CCN(Cc2cn(CCOCCCC)nn2)Cc2cn(CCOCCCC)nn2)Cc2cn(CCOCCCC)nn2)nn1.O.[N-]=[N+]=N. The zero-order valence-electron chi connectivity index (χ0n) is 47.9. The molecule has 0 aliphatic heterocycles. The van der Waals surface area contributed by atoms with Crippen molar-refractivity contribution in [2.24, 2.45) is 0 Å². The molecule has 0 fully saturated rings. The van der Waals surface area contributed by atoms with Crippen LogP contribution in [0.1, 0.15) is 116 Å². The second-order valence-electron chi connectivity index (χ2n) is 17.5. The molecule has 0 unspecified atom stereocenters. The predicted octanol–water partition coefficient (Wildman–Crippen LogP) is 5.22. The largest absolute Gasteiger partial charge is 0.412 e. The van der Waals surface area contributed by atoms with Gasteiger partial charge in [0.1, 0.15) is 0 Å². The third-order valence-corrected chi connectivity index (χ3v) is 11.0. The molecular weight excluding hydrogens is 995 g/mol. The highest BCUT2D eigenvalue weighted by atomic mass is 16.5. The average molecular weight is 1090 g/mol. The maximum absolute atomic E-state index is 6.86. The number of rotatable bonds is 42. The second-order valence-corrected chi connectivity index (χ2v) is 17.5. The highest BCUT2D eigenvalue weighted by Crippen LogP contribution is 2.12. The first-order chi connectivity index (χ1) is 37.8. The minimum Gasteiger partial charge on any atom is -0.412 e. The number of hydrogen-bond acceptors (Lipinski definition) is 17. The van der Waals surface area contributed by atoms with Crippen molar-refractivity contribution in [2.45, 2.75) is 145 Å². The number of nitrogens with one attached hydrogen (secondary N) is 1. The van der Waals surface area contributed by atoms with Gasteiger partial charge in [-0.3, -0.25) is 19.6 Å². The Kier molecular flexibility index (Phi) is 46.2. The maximum atomic E-state index is 6.86.